The number of rotatable bonds is 5. The van der Waals surface area contributed by atoms with Gasteiger partial charge >= 0.3 is 5.97 Å². The lowest BCUT2D eigenvalue weighted by molar-refractivity contribution is -0.385. The predicted molar refractivity (Wildman–Crippen MR) is 128 cm³/mol. The largest absolute Gasteiger partial charge is 0.426 e. The number of nitrogens with zero attached hydrogens (tertiary/aromatic N) is 3. The number of imide groups is 1. The van der Waals surface area contributed by atoms with Crippen LogP contribution in [0.4, 0.5) is 17.1 Å². The third-order valence-corrected chi connectivity index (χ3v) is 7.31. The molecule has 0 bridgehead atoms. The van der Waals surface area contributed by atoms with E-state index in [1.165, 1.54) is 28.0 Å². The molecule has 36 heavy (non-hydrogen) atoms. The highest BCUT2D eigenvalue weighted by molar-refractivity contribution is 6.22. The van der Waals surface area contributed by atoms with Crippen LogP contribution in [0.3, 0.4) is 0 Å². The summed E-state index contributed by atoms with van der Waals surface area (Å²) in [5.41, 5.74) is 1.19. The van der Waals surface area contributed by atoms with Crippen molar-refractivity contribution in [3.63, 3.8) is 0 Å². The van der Waals surface area contributed by atoms with Crippen molar-refractivity contribution < 1.29 is 28.8 Å². The van der Waals surface area contributed by atoms with Crippen molar-refractivity contribution in [2.24, 2.45) is 17.8 Å². The summed E-state index contributed by atoms with van der Waals surface area (Å²) in [6.07, 6.45) is 3.29. The molecular weight excluding hydrogens is 466 g/mol. The van der Waals surface area contributed by atoms with Gasteiger partial charge in [0.15, 0.2) is 0 Å². The summed E-state index contributed by atoms with van der Waals surface area (Å²) in [7, 11) is 0. The summed E-state index contributed by atoms with van der Waals surface area (Å²) < 4.78 is 5.46. The molecule has 0 spiro atoms. The average Bonchev–Trinajstić information content (AvgIpc) is 3.37. The maximum Gasteiger partial charge on any atom is 0.316 e. The van der Waals surface area contributed by atoms with E-state index in [0.29, 0.717) is 16.9 Å². The van der Waals surface area contributed by atoms with Gasteiger partial charge in [-0.25, -0.2) is 0 Å². The summed E-state index contributed by atoms with van der Waals surface area (Å²) in [6, 6.07) is 10.7. The van der Waals surface area contributed by atoms with Gasteiger partial charge in [0, 0.05) is 24.6 Å². The Labute approximate surface area is 207 Å². The molecular formula is C26H25N3O7. The summed E-state index contributed by atoms with van der Waals surface area (Å²) in [5, 5.41) is 11.2. The van der Waals surface area contributed by atoms with Crippen molar-refractivity contribution >= 4 is 40.8 Å². The van der Waals surface area contributed by atoms with E-state index >= 15 is 0 Å². The molecule has 3 amide bonds. The molecule has 3 fully saturated rings. The molecule has 0 aromatic heterocycles. The molecule has 3 atom stereocenters. The molecule has 10 heteroatoms. The first-order valence-corrected chi connectivity index (χ1v) is 12.0. The fourth-order valence-corrected chi connectivity index (χ4v) is 5.36. The summed E-state index contributed by atoms with van der Waals surface area (Å²) >= 11 is 0. The molecule has 2 aromatic carbocycles. The first kappa shape index (κ1) is 23.7. The topological polar surface area (TPSA) is 127 Å². The fourth-order valence-electron chi connectivity index (χ4n) is 5.36. The monoisotopic (exact) mass is 491 g/mol. The lowest BCUT2D eigenvalue weighted by Gasteiger charge is -2.19. The van der Waals surface area contributed by atoms with Crippen molar-refractivity contribution in [3.8, 4) is 5.75 Å². The number of nitro groups is 1. The van der Waals surface area contributed by atoms with Crippen molar-refractivity contribution in [1.29, 1.82) is 0 Å². The molecule has 0 N–H and O–H groups in total. The third kappa shape index (κ3) is 4.12. The van der Waals surface area contributed by atoms with Crippen LogP contribution in [-0.4, -0.2) is 35.2 Å². The minimum absolute atomic E-state index is 0.0511. The molecule has 0 unspecified atom stereocenters. The Hall–Kier alpha value is -4.08. The highest BCUT2D eigenvalue weighted by Crippen LogP contribution is 2.40. The van der Waals surface area contributed by atoms with Crippen LogP contribution < -0.4 is 14.5 Å². The average molecular weight is 492 g/mol. The first-order valence-electron chi connectivity index (χ1n) is 12.0. The van der Waals surface area contributed by atoms with Crippen LogP contribution >= 0.6 is 0 Å². The molecule has 2 aromatic rings. The number of benzene rings is 2. The van der Waals surface area contributed by atoms with Gasteiger partial charge < -0.3 is 9.64 Å². The number of fused-ring (bicyclic) bond motifs is 1. The number of amides is 3. The van der Waals surface area contributed by atoms with Gasteiger partial charge in [-0.05, 0) is 50.1 Å². The normalized spacial score (nSPS) is 23.7. The number of aryl methyl sites for hydroxylation is 1. The Balaban J connectivity index is 1.25. The Morgan fingerprint density at radius 2 is 1.58 bits per heavy atom. The lowest BCUT2D eigenvalue weighted by Crippen LogP contribution is -2.30. The third-order valence-electron chi connectivity index (χ3n) is 7.31. The molecule has 2 heterocycles. The highest BCUT2D eigenvalue weighted by atomic mass is 16.6. The van der Waals surface area contributed by atoms with Gasteiger partial charge in [-0.2, -0.15) is 0 Å². The van der Waals surface area contributed by atoms with Gasteiger partial charge in [-0.3, -0.25) is 34.2 Å². The summed E-state index contributed by atoms with van der Waals surface area (Å²) in [4.78, 5) is 64.2. The summed E-state index contributed by atoms with van der Waals surface area (Å²) in [6.45, 7) is 1.66. The number of anilines is 2. The van der Waals surface area contributed by atoms with Gasteiger partial charge in [-0.1, -0.05) is 18.9 Å². The van der Waals surface area contributed by atoms with Crippen LogP contribution in [-0.2, 0) is 19.2 Å². The molecule has 5 rings (SSSR count). The number of carbonyl (C=O) groups excluding carboxylic acids is 4. The lowest BCUT2D eigenvalue weighted by atomic mass is 9.81. The fraction of sp³-hybridized carbons (Fsp3) is 0.385. The molecule has 0 radical (unpaired) electrons. The van der Waals surface area contributed by atoms with Gasteiger partial charge in [0.1, 0.15) is 5.75 Å². The number of carbonyl (C=O) groups is 4. The Kier molecular flexibility index (Phi) is 6.03. The van der Waals surface area contributed by atoms with E-state index in [2.05, 4.69) is 0 Å². The Morgan fingerprint density at radius 3 is 2.19 bits per heavy atom. The van der Waals surface area contributed by atoms with E-state index in [-0.39, 0.29) is 54.0 Å². The van der Waals surface area contributed by atoms with Gasteiger partial charge in [0.05, 0.1) is 34.1 Å². The molecule has 10 nitrogen and oxygen atoms in total. The van der Waals surface area contributed by atoms with Crippen molar-refractivity contribution in [2.45, 2.75) is 39.0 Å². The first-order chi connectivity index (χ1) is 17.2. The zero-order valence-corrected chi connectivity index (χ0v) is 19.7. The molecule has 1 aliphatic carbocycles. The summed E-state index contributed by atoms with van der Waals surface area (Å²) in [5.74, 6) is -2.26. The van der Waals surface area contributed by atoms with E-state index in [1.54, 1.807) is 31.2 Å². The van der Waals surface area contributed by atoms with Gasteiger partial charge in [-0.15, -0.1) is 0 Å². The number of nitro benzene ring substituents is 1. The zero-order valence-electron chi connectivity index (χ0n) is 19.7. The molecule has 2 saturated heterocycles. The van der Waals surface area contributed by atoms with Gasteiger partial charge in [0.2, 0.25) is 17.7 Å². The van der Waals surface area contributed by atoms with Crippen LogP contribution in [0.5, 0.6) is 5.75 Å². The molecule has 3 aliphatic rings. The van der Waals surface area contributed by atoms with Crippen LogP contribution in [0.15, 0.2) is 42.5 Å². The second kappa shape index (κ2) is 9.18. The molecule has 186 valence electrons. The van der Waals surface area contributed by atoms with E-state index in [9.17, 15) is 29.3 Å². The maximum atomic E-state index is 12.8. The van der Waals surface area contributed by atoms with Crippen LogP contribution in [0.1, 0.15) is 37.7 Å². The standard InChI is InChI=1S/C26H25N3O7/c1-15-6-7-18(13-22(15)29(34)35)27-14-16(12-23(27)30)26(33)36-19-10-8-17(9-11-19)28-24(31)20-4-2-3-5-21(20)25(28)32/h6-11,13,16,20-21H,2-5,12,14H2,1H3/t16-,20-,21-/m1/s1. The second-order valence-electron chi connectivity index (χ2n) is 9.56. The van der Waals surface area contributed by atoms with Crippen LogP contribution in [0.25, 0.3) is 0 Å². The number of ether oxygens (including phenoxy) is 1. The SMILES string of the molecule is Cc1ccc(N2C[C@H](C(=O)Oc3ccc(N4C(=O)[C@@H]5CCCC[C@H]5C4=O)cc3)CC2=O)cc1[N+](=O)[O-]. The van der Waals surface area contributed by atoms with E-state index < -0.39 is 16.8 Å². The number of hydrogen-bond donors (Lipinski definition) is 0. The smallest absolute Gasteiger partial charge is 0.316 e. The van der Waals surface area contributed by atoms with E-state index in [1.807, 2.05) is 0 Å². The Morgan fingerprint density at radius 1 is 0.972 bits per heavy atom. The van der Waals surface area contributed by atoms with E-state index in [0.717, 1.165) is 25.7 Å². The molecule has 1 saturated carbocycles. The number of hydrogen-bond acceptors (Lipinski definition) is 7. The zero-order chi connectivity index (χ0) is 25.6. The Bertz CT molecular complexity index is 1250. The predicted octanol–water partition coefficient (Wildman–Crippen LogP) is 3.54. The van der Waals surface area contributed by atoms with Crippen LogP contribution in [0, 0.1) is 34.8 Å². The van der Waals surface area contributed by atoms with Crippen molar-refractivity contribution in [1.82, 2.24) is 0 Å². The second-order valence-corrected chi connectivity index (χ2v) is 9.56. The number of esters is 1. The molecule has 2 aliphatic heterocycles. The van der Waals surface area contributed by atoms with E-state index in [4.69, 9.17) is 4.74 Å². The minimum atomic E-state index is -0.734. The quantitative estimate of drug-likeness (QED) is 0.206. The van der Waals surface area contributed by atoms with Crippen molar-refractivity contribution in [3.05, 3.63) is 58.1 Å². The van der Waals surface area contributed by atoms with Gasteiger partial charge in [0.25, 0.3) is 5.69 Å². The highest BCUT2D eigenvalue weighted by Gasteiger charge is 2.48. The minimum Gasteiger partial charge on any atom is -0.426 e. The van der Waals surface area contributed by atoms with Crippen molar-refractivity contribution in [2.75, 3.05) is 16.3 Å². The maximum absolute atomic E-state index is 12.8. The van der Waals surface area contributed by atoms with Crippen LogP contribution in [0.2, 0.25) is 0 Å².